The molecule has 0 radical (unpaired) electrons. The van der Waals surface area contributed by atoms with E-state index >= 15 is 0 Å². The van der Waals surface area contributed by atoms with Crippen LogP contribution < -0.4 is 5.73 Å². The summed E-state index contributed by atoms with van der Waals surface area (Å²) in [6.45, 7) is 0. The van der Waals surface area contributed by atoms with E-state index in [0.717, 1.165) is 6.07 Å². The highest BCUT2D eigenvalue weighted by molar-refractivity contribution is 5.76. The molecule has 0 unspecified atom stereocenters. The average Bonchev–Trinajstić information content (AvgIpc) is 2.37. The molecule has 0 aromatic heterocycles. The number of nitrogens with zero attached hydrogens (tertiary/aromatic N) is 2. The minimum absolute atomic E-state index is 0.0192. The van der Waals surface area contributed by atoms with Gasteiger partial charge in [-0.1, -0.05) is 6.07 Å². The molecule has 0 aliphatic rings. The third-order valence-electron chi connectivity index (χ3n) is 2.35. The second kappa shape index (κ2) is 5.75. The van der Waals surface area contributed by atoms with Gasteiger partial charge in [0.05, 0.1) is 23.7 Å². The molecule has 0 aliphatic heterocycles. The van der Waals surface area contributed by atoms with Crippen molar-refractivity contribution in [3.05, 3.63) is 39.4 Å². The Hall–Kier alpha value is -2.46. The van der Waals surface area contributed by atoms with Gasteiger partial charge in [0, 0.05) is 18.1 Å². The first-order chi connectivity index (χ1) is 8.49. The van der Waals surface area contributed by atoms with Gasteiger partial charge in [-0.15, -0.1) is 0 Å². The number of hydrogen-bond acceptors (Lipinski definition) is 6. The summed E-state index contributed by atoms with van der Waals surface area (Å²) in [4.78, 5) is 21.4. The van der Waals surface area contributed by atoms with Crippen LogP contribution in [0.15, 0.2) is 18.2 Å². The molecule has 0 bridgehead atoms. The van der Waals surface area contributed by atoms with Gasteiger partial charge < -0.3 is 10.5 Å². The molecular weight excluding hydrogens is 238 g/mol. The summed E-state index contributed by atoms with van der Waals surface area (Å²) < 4.78 is 4.44. The number of nitriles is 1. The van der Waals surface area contributed by atoms with E-state index in [9.17, 15) is 14.9 Å². The Labute approximate surface area is 103 Å². The number of nitrogens with two attached hydrogens (primary N) is 1. The number of ether oxygens (including phenoxy) is 1. The predicted molar refractivity (Wildman–Crippen MR) is 61.5 cm³/mol. The summed E-state index contributed by atoms with van der Waals surface area (Å²) in [5, 5.41) is 19.5. The molecule has 1 atom stereocenters. The third kappa shape index (κ3) is 3.02. The van der Waals surface area contributed by atoms with Crippen molar-refractivity contribution >= 4 is 11.7 Å². The Bertz CT molecular complexity index is 522. The number of esters is 1. The predicted octanol–water partition coefficient (Wildman–Crippen LogP) is 0.509. The van der Waals surface area contributed by atoms with E-state index in [1.165, 1.54) is 19.2 Å². The zero-order chi connectivity index (χ0) is 13.7. The second-order valence-electron chi connectivity index (χ2n) is 3.55. The highest BCUT2D eigenvalue weighted by Crippen LogP contribution is 2.21. The van der Waals surface area contributed by atoms with E-state index in [4.69, 9.17) is 11.0 Å². The van der Waals surface area contributed by atoms with Crippen molar-refractivity contribution in [2.45, 2.75) is 12.5 Å². The first kappa shape index (κ1) is 13.6. The van der Waals surface area contributed by atoms with Crippen LogP contribution in [0.4, 0.5) is 5.69 Å². The lowest BCUT2D eigenvalue weighted by atomic mass is 10.0. The molecule has 0 spiro atoms. The van der Waals surface area contributed by atoms with Gasteiger partial charge in [-0.05, 0) is 6.07 Å². The number of benzene rings is 1. The maximum atomic E-state index is 11.2. The van der Waals surface area contributed by atoms with Gasteiger partial charge in [0.15, 0.2) is 0 Å². The zero-order valence-electron chi connectivity index (χ0n) is 9.62. The van der Waals surface area contributed by atoms with E-state index < -0.39 is 16.9 Å². The monoisotopic (exact) mass is 249 g/mol. The van der Waals surface area contributed by atoms with Crippen molar-refractivity contribution in [3.8, 4) is 6.07 Å². The van der Waals surface area contributed by atoms with Crippen molar-refractivity contribution in [2.75, 3.05) is 7.11 Å². The molecule has 0 fully saturated rings. The fraction of sp³-hybridized carbons (Fsp3) is 0.273. The topological polar surface area (TPSA) is 119 Å². The summed E-state index contributed by atoms with van der Waals surface area (Å²) in [6.07, 6.45) is -0.0192. The summed E-state index contributed by atoms with van der Waals surface area (Å²) in [5.41, 5.74) is 5.78. The SMILES string of the molecule is COC(=O)[C@H](N)Cc1ccc(C#N)cc1[N+](=O)[O-]. The van der Waals surface area contributed by atoms with Crippen molar-refractivity contribution in [1.29, 1.82) is 5.26 Å². The molecule has 1 aromatic carbocycles. The van der Waals surface area contributed by atoms with Gasteiger partial charge in [-0.2, -0.15) is 5.26 Å². The quantitative estimate of drug-likeness (QED) is 0.471. The number of methoxy groups -OCH3 is 1. The van der Waals surface area contributed by atoms with Crippen molar-refractivity contribution in [2.24, 2.45) is 5.73 Å². The molecule has 0 amide bonds. The molecule has 0 heterocycles. The largest absolute Gasteiger partial charge is 0.468 e. The summed E-state index contributed by atoms with van der Waals surface area (Å²) in [7, 11) is 1.19. The van der Waals surface area contributed by atoms with Crippen LogP contribution >= 0.6 is 0 Å². The van der Waals surface area contributed by atoms with Crippen LogP contribution in [0.2, 0.25) is 0 Å². The van der Waals surface area contributed by atoms with Crippen LogP contribution in [0.5, 0.6) is 0 Å². The highest BCUT2D eigenvalue weighted by atomic mass is 16.6. The lowest BCUT2D eigenvalue weighted by molar-refractivity contribution is -0.385. The molecular formula is C11H11N3O4. The van der Waals surface area contributed by atoms with Crippen LogP contribution in [-0.2, 0) is 16.0 Å². The van der Waals surface area contributed by atoms with E-state index in [1.54, 1.807) is 0 Å². The van der Waals surface area contributed by atoms with Gasteiger partial charge >= 0.3 is 5.97 Å². The number of nitro benzene ring substituents is 1. The van der Waals surface area contributed by atoms with Crippen molar-refractivity contribution in [3.63, 3.8) is 0 Å². The molecule has 18 heavy (non-hydrogen) atoms. The molecule has 1 rings (SSSR count). The lowest BCUT2D eigenvalue weighted by Gasteiger charge is -2.09. The van der Waals surface area contributed by atoms with Gasteiger partial charge in [0.1, 0.15) is 6.04 Å². The van der Waals surface area contributed by atoms with Crippen LogP contribution in [0.25, 0.3) is 0 Å². The first-order valence-electron chi connectivity index (χ1n) is 5.00. The van der Waals surface area contributed by atoms with Crippen LogP contribution in [0.1, 0.15) is 11.1 Å². The van der Waals surface area contributed by atoms with Crippen molar-refractivity contribution in [1.82, 2.24) is 0 Å². The smallest absolute Gasteiger partial charge is 0.322 e. The summed E-state index contributed by atoms with van der Waals surface area (Å²) >= 11 is 0. The Morgan fingerprint density at radius 3 is 2.83 bits per heavy atom. The Balaban J connectivity index is 3.06. The molecule has 0 saturated carbocycles. The first-order valence-corrected chi connectivity index (χ1v) is 5.00. The lowest BCUT2D eigenvalue weighted by Crippen LogP contribution is -2.33. The summed E-state index contributed by atoms with van der Waals surface area (Å²) in [6, 6.07) is 4.84. The molecule has 94 valence electrons. The number of carbonyl (C=O) groups is 1. The highest BCUT2D eigenvalue weighted by Gasteiger charge is 2.21. The van der Waals surface area contributed by atoms with E-state index in [0.29, 0.717) is 0 Å². The fourth-order valence-corrected chi connectivity index (χ4v) is 1.45. The van der Waals surface area contributed by atoms with E-state index in [2.05, 4.69) is 4.74 Å². The minimum Gasteiger partial charge on any atom is -0.468 e. The second-order valence-corrected chi connectivity index (χ2v) is 3.55. The summed E-state index contributed by atoms with van der Waals surface area (Å²) in [5.74, 6) is -0.645. The molecule has 0 aliphatic carbocycles. The van der Waals surface area contributed by atoms with E-state index in [1.807, 2.05) is 6.07 Å². The Morgan fingerprint density at radius 2 is 2.33 bits per heavy atom. The van der Waals surface area contributed by atoms with Gasteiger partial charge in [-0.25, -0.2) is 0 Å². The zero-order valence-corrected chi connectivity index (χ0v) is 9.62. The number of hydrogen-bond donors (Lipinski definition) is 1. The fourth-order valence-electron chi connectivity index (χ4n) is 1.45. The van der Waals surface area contributed by atoms with Gasteiger partial charge in [-0.3, -0.25) is 14.9 Å². The maximum Gasteiger partial charge on any atom is 0.322 e. The molecule has 0 saturated heterocycles. The minimum atomic E-state index is -0.971. The molecule has 7 heteroatoms. The number of rotatable bonds is 4. The third-order valence-corrected chi connectivity index (χ3v) is 2.35. The van der Waals surface area contributed by atoms with Gasteiger partial charge in [0.2, 0.25) is 0 Å². The Morgan fingerprint density at radius 1 is 1.67 bits per heavy atom. The normalized spacial score (nSPS) is 11.4. The molecule has 7 nitrogen and oxygen atoms in total. The number of nitro groups is 1. The average molecular weight is 249 g/mol. The van der Waals surface area contributed by atoms with Crippen molar-refractivity contribution < 1.29 is 14.5 Å². The van der Waals surface area contributed by atoms with Crippen LogP contribution in [0.3, 0.4) is 0 Å². The maximum absolute atomic E-state index is 11.2. The van der Waals surface area contributed by atoms with Gasteiger partial charge in [0.25, 0.3) is 5.69 Å². The Kier molecular flexibility index (Phi) is 4.34. The molecule has 1 aromatic rings. The van der Waals surface area contributed by atoms with E-state index in [-0.39, 0.29) is 23.2 Å². The van der Waals surface area contributed by atoms with Crippen LogP contribution in [0, 0.1) is 21.4 Å². The number of carbonyl (C=O) groups excluding carboxylic acids is 1. The van der Waals surface area contributed by atoms with Crippen LogP contribution in [-0.4, -0.2) is 24.0 Å². The molecule has 2 N–H and O–H groups in total. The standard InChI is InChI=1S/C11H11N3O4/c1-18-11(15)9(13)5-8-3-2-7(6-12)4-10(8)14(16)17/h2-4,9H,5,13H2,1H3/t9-/m1/s1.